The number of hydrogen-bond donors (Lipinski definition) is 2. The van der Waals surface area contributed by atoms with Crippen LogP contribution in [0.2, 0.25) is 0 Å². The molecule has 0 saturated carbocycles. The van der Waals surface area contributed by atoms with Crippen molar-refractivity contribution < 1.29 is 4.79 Å². The van der Waals surface area contributed by atoms with E-state index in [1.54, 1.807) is 11.0 Å². The molecule has 0 aliphatic heterocycles. The van der Waals surface area contributed by atoms with Gasteiger partial charge in [0.15, 0.2) is 0 Å². The van der Waals surface area contributed by atoms with Gasteiger partial charge in [-0.3, -0.25) is 4.79 Å². The fraction of sp³-hybridized carbons (Fsp3) is 0.357. The van der Waals surface area contributed by atoms with Crippen molar-refractivity contribution in [2.45, 2.75) is 25.9 Å². The molecule has 1 aromatic carbocycles. The lowest BCUT2D eigenvalue weighted by molar-refractivity contribution is 0.0951. The van der Waals surface area contributed by atoms with E-state index in [0.717, 1.165) is 12.0 Å². The second kappa shape index (κ2) is 6.81. The number of carbonyl (C=O) groups is 1. The van der Waals surface area contributed by atoms with Crippen LogP contribution in [0.4, 0.5) is 0 Å². The van der Waals surface area contributed by atoms with Crippen LogP contribution in [0.1, 0.15) is 29.3 Å². The van der Waals surface area contributed by atoms with E-state index < -0.39 is 0 Å². The van der Waals surface area contributed by atoms with Crippen LogP contribution in [0.5, 0.6) is 0 Å². The van der Waals surface area contributed by atoms with Crippen LogP contribution < -0.4 is 11.1 Å². The summed E-state index contributed by atoms with van der Waals surface area (Å²) in [4.78, 5) is 16.1. The highest BCUT2D eigenvalue weighted by Gasteiger charge is 2.11. The number of rotatable bonds is 6. The zero-order chi connectivity index (χ0) is 14.4. The Hall–Kier alpha value is -2.21. The van der Waals surface area contributed by atoms with Gasteiger partial charge in [0.1, 0.15) is 12.7 Å². The van der Waals surface area contributed by atoms with Crippen LogP contribution in [0.15, 0.2) is 36.9 Å². The number of amides is 1. The quantitative estimate of drug-likeness (QED) is 0.815. The highest BCUT2D eigenvalue weighted by molar-refractivity contribution is 5.95. The number of hydrogen-bond acceptors (Lipinski definition) is 4. The SMILES string of the molecule is CC(N)CCNC(=O)c1ccccc1Cn1cncn1. The Labute approximate surface area is 118 Å². The van der Waals surface area contributed by atoms with Crippen LogP contribution in [0.3, 0.4) is 0 Å². The summed E-state index contributed by atoms with van der Waals surface area (Å²) < 4.78 is 1.69. The monoisotopic (exact) mass is 273 g/mol. The minimum Gasteiger partial charge on any atom is -0.352 e. The van der Waals surface area contributed by atoms with Gasteiger partial charge in [-0.2, -0.15) is 5.10 Å². The van der Waals surface area contributed by atoms with Gasteiger partial charge in [-0.05, 0) is 25.0 Å². The van der Waals surface area contributed by atoms with E-state index in [9.17, 15) is 4.79 Å². The maximum atomic E-state index is 12.2. The van der Waals surface area contributed by atoms with Gasteiger partial charge in [-0.15, -0.1) is 0 Å². The molecule has 0 spiro atoms. The van der Waals surface area contributed by atoms with Crippen LogP contribution in [0.25, 0.3) is 0 Å². The average molecular weight is 273 g/mol. The van der Waals surface area contributed by atoms with Crippen molar-refractivity contribution in [1.82, 2.24) is 20.1 Å². The topological polar surface area (TPSA) is 85.8 Å². The number of benzene rings is 1. The van der Waals surface area contributed by atoms with E-state index in [-0.39, 0.29) is 11.9 Å². The number of nitrogens with zero attached hydrogens (tertiary/aromatic N) is 3. The lowest BCUT2D eigenvalue weighted by Crippen LogP contribution is -2.29. The number of nitrogens with one attached hydrogen (secondary N) is 1. The minimum atomic E-state index is -0.0821. The van der Waals surface area contributed by atoms with E-state index in [4.69, 9.17) is 5.73 Å². The van der Waals surface area contributed by atoms with Gasteiger partial charge in [0.25, 0.3) is 5.91 Å². The number of nitrogens with two attached hydrogens (primary N) is 1. The Balaban J connectivity index is 2.05. The maximum Gasteiger partial charge on any atom is 0.251 e. The highest BCUT2D eigenvalue weighted by Crippen LogP contribution is 2.10. The van der Waals surface area contributed by atoms with Crippen LogP contribution in [-0.4, -0.2) is 33.3 Å². The first kappa shape index (κ1) is 14.2. The molecule has 0 fully saturated rings. The number of carbonyl (C=O) groups excluding carboxylic acids is 1. The zero-order valence-corrected chi connectivity index (χ0v) is 11.5. The third-order valence-electron chi connectivity index (χ3n) is 2.95. The normalized spacial score (nSPS) is 12.1. The van der Waals surface area contributed by atoms with Gasteiger partial charge in [-0.25, -0.2) is 9.67 Å². The molecule has 1 amide bonds. The van der Waals surface area contributed by atoms with Gasteiger partial charge < -0.3 is 11.1 Å². The molecular weight excluding hydrogens is 254 g/mol. The minimum absolute atomic E-state index is 0.0821. The molecule has 2 aromatic rings. The molecule has 3 N–H and O–H groups in total. The highest BCUT2D eigenvalue weighted by atomic mass is 16.1. The largest absolute Gasteiger partial charge is 0.352 e. The first-order valence-electron chi connectivity index (χ1n) is 6.61. The number of aromatic nitrogens is 3. The molecule has 0 aliphatic rings. The van der Waals surface area contributed by atoms with Gasteiger partial charge in [-0.1, -0.05) is 18.2 Å². The first-order valence-corrected chi connectivity index (χ1v) is 6.61. The molecule has 6 nitrogen and oxygen atoms in total. The van der Waals surface area contributed by atoms with E-state index in [1.165, 1.54) is 6.33 Å². The molecule has 6 heteroatoms. The molecule has 20 heavy (non-hydrogen) atoms. The molecular formula is C14H19N5O. The van der Waals surface area contributed by atoms with Crippen LogP contribution >= 0.6 is 0 Å². The summed E-state index contributed by atoms with van der Waals surface area (Å²) in [6.07, 6.45) is 3.87. The predicted octanol–water partition coefficient (Wildman–Crippen LogP) is 0.793. The van der Waals surface area contributed by atoms with Crippen molar-refractivity contribution in [3.8, 4) is 0 Å². The third-order valence-corrected chi connectivity index (χ3v) is 2.95. The Kier molecular flexibility index (Phi) is 4.84. The zero-order valence-electron chi connectivity index (χ0n) is 11.5. The van der Waals surface area contributed by atoms with Gasteiger partial charge in [0, 0.05) is 18.2 Å². The molecule has 1 unspecified atom stereocenters. The van der Waals surface area contributed by atoms with Crippen LogP contribution in [-0.2, 0) is 6.54 Å². The summed E-state index contributed by atoms with van der Waals surface area (Å²) >= 11 is 0. The predicted molar refractivity (Wildman–Crippen MR) is 76.2 cm³/mol. The molecule has 0 saturated heterocycles. The summed E-state index contributed by atoms with van der Waals surface area (Å²) in [5.74, 6) is -0.0821. The fourth-order valence-electron chi connectivity index (χ4n) is 1.88. The maximum absolute atomic E-state index is 12.2. The summed E-state index contributed by atoms with van der Waals surface area (Å²) in [5.41, 5.74) is 7.24. The second-order valence-corrected chi connectivity index (χ2v) is 4.77. The standard InChI is InChI=1S/C14H19N5O/c1-11(15)6-7-17-14(20)13-5-3-2-4-12(13)8-19-10-16-9-18-19/h2-5,9-11H,6-8,15H2,1H3,(H,17,20). The van der Waals surface area contributed by atoms with Crippen molar-refractivity contribution >= 4 is 5.91 Å². The van der Waals surface area contributed by atoms with Crippen molar-refractivity contribution in [1.29, 1.82) is 0 Å². The smallest absolute Gasteiger partial charge is 0.251 e. The van der Waals surface area contributed by atoms with Crippen LogP contribution in [0, 0.1) is 0 Å². The van der Waals surface area contributed by atoms with Crippen molar-refractivity contribution in [2.75, 3.05) is 6.54 Å². The first-order chi connectivity index (χ1) is 9.66. The average Bonchev–Trinajstić information content (AvgIpc) is 2.91. The van der Waals surface area contributed by atoms with E-state index >= 15 is 0 Å². The lowest BCUT2D eigenvalue weighted by atomic mass is 10.1. The summed E-state index contributed by atoms with van der Waals surface area (Å²) in [7, 11) is 0. The fourth-order valence-corrected chi connectivity index (χ4v) is 1.88. The Morgan fingerprint density at radius 3 is 2.95 bits per heavy atom. The van der Waals surface area contributed by atoms with Gasteiger partial charge in [0.05, 0.1) is 6.54 Å². The van der Waals surface area contributed by atoms with Gasteiger partial charge >= 0.3 is 0 Å². The van der Waals surface area contributed by atoms with E-state index in [2.05, 4.69) is 15.4 Å². The Morgan fingerprint density at radius 1 is 1.45 bits per heavy atom. The molecule has 0 radical (unpaired) electrons. The molecule has 1 atom stereocenters. The molecule has 106 valence electrons. The molecule has 1 aromatic heterocycles. The van der Waals surface area contributed by atoms with Crippen molar-refractivity contribution in [3.05, 3.63) is 48.0 Å². The Morgan fingerprint density at radius 2 is 2.25 bits per heavy atom. The van der Waals surface area contributed by atoms with E-state index in [1.807, 2.05) is 31.2 Å². The van der Waals surface area contributed by atoms with E-state index in [0.29, 0.717) is 18.7 Å². The summed E-state index contributed by atoms with van der Waals surface area (Å²) in [6, 6.07) is 7.58. The molecule has 0 bridgehead atoms. The lowest BCUT2D eigenvalue weighted by Gasteiger charge is -2.11. The Bertz CT molecular complexity index is 550. The van der Waals surface area contributed by atoms with Crippen molar-refractivity contribution in [2.24, 2.45) is 5.73 Å². The summed E-state index contributed by atoms with van der Waals surface area (Å²) in [6.45, 7) is 3.02. The second-order valence-electron chi connectivity index (χ2n) is 4.77. The molecule has 1 heterocycles. The molecule has 0 aliphatic carbocycles. The summed E-state index contributed by atoms with van der Waals surface area (Å²) in [5, 5.41) is 6.94. The third kappa shape index (κ3) is 3.89. The molecule has 2 rings (SSSR count). The van der Waals surface area contributed by atoms with Gasteiger partial charge in [0.2, 0.25) is 0 Å². The van der Waals surface area contributed by atoms with Crippen molar-refractivity contribution in [3.63, 3.8) is 0 Å².